The van der Waals surface area contributed by atoms with Crippen molar-refractivity contribution in [3.8, 4) is 11.5 Å². The van der Waals surface area contributed by atoms with E-state index in [2.05, 4.69) is 10.2 Å². The lowest BCUT2D eigenvalue weighted by Crippen LogP contribution is -2.45. The van der Waals surface area contributed by atoms with Crippen LogP contribution in [0.3, 0.4) is 0 Å². The van der Waals surface area contributed by atoms with E-state index in [0.29, 0.717) is 37.9 Å². The fourth-order valence-electron chi connectivity index (χ4n) is 3.85. The van der Waals surface area contributed by atoms with Gasteiger partial charge in [0.05, 0.1) is 46.2 Å². The summed E-state index contributed by atoms with van der Waals surface area (Å²) in [5, 5.41) is 3.06. The Labute approximate surface area is 178 Å². The van der Waals surface area contributed by atoms with Gasteiger partial charge in [0, 0.05) is 26.2 Å². The first-order valence-corrected chi connectivity index (χ1v) is 10.7. The lowest BCUT2D eigenvalue weighted by Gasteiger charge is -2.35. The second-order valence-corrected chi connectivity index (χ2v) is 7.63. The van der Waals surface area contributed by atoms with Gasteiger partial charge in [0.1, 0.15) is 6.10 Å². The Morgan fingerprint density at radius 3 is 2.63 bits per heavy atom. The summed E-state index contributed by atoms with van der Waals surface area (Å²) in [4.78, 5) is 14.9. The zero-order valence-electron chi connectivity index (χ0n) is 18.2. The first kappa shape index (κ1) is 22.8. The molecule has 8 nitrogen and oxygen atoms in total. The van der Waals surface area contributed by atoms with E-state index in [4.69, 9.17) is 23.7 Å². The highest BCUT2D eigenvalue weighted by molar-refractivity contribution is 5.80. The first-order valence-electron chi connectivity index (χ1n) is 10.7. The Morgan fingerprint density at radius 1 is 1.20 bits per heavy atom. The van der Waals surface area contributed by atoms with Crippen LogP contribution in [0, 0.1) is 0 Å². The Kier molecular flexibility index (Phi) is 8.74. The van der Waals surface area contributed by atoms with Gasteiger partial charge in [-0.05, 0) is 37.5 Å². The van der Waals surface area contributed by atoms with Crippen molar-refractivity contribution in [2.45, 2.75) is 38.0 Å². The summed E-state index contributed by atoms with van der Waals surface area (Å²) in [6.07, 6.45) is 1.63. The monoisotopic (exact) mass is 422 g/mol. The highest BCUT2D eigenvalue weighted by Crippen LogP contribution is 2.32. The minimum absolute atomic E-state index is 0.00280. The molecule has 1 aromatic rings. The third-order valence-corrected chi connectivity index (χ3v) is 5.67. The number of hydrogen-bond donors (Lipinski definition) is 1. The first-order chi connectivity index (χ1) is 14.6. The maximum Gasteiger partial charge on any atom is 0.248 e. The number of rotatable bonds is 10. The zero-order valence-corrected chi connectivity index (χ0v) is 18.2. The number of amides is 1. The molecule has 1 amide bonds. The van der Waals surface area contributed by atoms with Crippen molar-refractivity contribution in [3.63, 3.8) is 0 Å². The minimum atomic E-state index is -0.523. The number of nitrogens with one attached hydrogen (secondary N) is 1. The van der Waals surface area contributed by atoms with Crippen molar-refractivity contribution >= 4 is 5.91 Å². The molecule has 2 aliphatic heterocycles. The number of hydrogen-bond acceptors (Lipinski definition) is 7. The fourth-order valence-corrected chi connectivity index (χ4v) is 3.85. The van der Waals surface area contributed by atoms with Crippen LogP contribution >= 0.6 is 0 Å². The second-order valence-electron chi connectivity index (χ2n) is 7.63. The number of carbonyl (C=O) groups is 1. The highest BCUT2D eigenvalue weighted by atomic mass is 16.5. The molecule has 0 aliphatic carbocycles. The van der Waals surface area contributed by atoms with Gasteiger partial charge in [0.15, 0.2) is 11.5 Å². The summed E-state index contributed by atoms with van der Waals surface area (Å²) in [7, 11) is 3.25. The van der Waals surface area contributed by atoms with Crippen LogP contribution in [0.5, 0.6) is 11.5 Å². The number of methoxy groups -OCH3 is 2. The van der Waals surface area contributed by atoms with E-state index in [1.807, 2.05) is 18.2 Å². The number of carbonyl (C=O) groups excluding carboxylic acids is 1. The summed E-state index contributed by atoms with van der Waals surface area (Å²) >= 11 is 0. The van der Waals surface area contributed by atoms with E-state index in [-0.39, 0.29) is 18.1 Å². The molecule has 0 aromatic heterocycles. The van der Waals surface area contributed by atoms with Crippen molar-refractivity contribution in [2.75, 3.05) is 60.3 Å². The number of ether oxygens (including phenoxy) is 5. The normalized spacial score (nSPS) is 21.8. The molecule has 8 heteroatoms. The van der Waals surface area contributed by atoms with Gasteiger partial charge in [0.2, 0.25) is 5.91 Å². The van der Waals surface area contributed by atoms with Crippen LogP contribution in [0.1, 0.15) is 31.4 Å². The molecule has 2 saturated heterocycles. The predicted octanol–water partition coefficient (Wildman–Crippen LogP) is 1.78. The van der Waals surface area contributed by atoms with Crippen molar-refractivity contribution < 1.29 is 28.5 Å². The van der Waals surface area contributed by atoms with E-state index in [0.717, 1.165) is 38.1 Å². The topological polar surface area (TPSA) is 78.5 Å². The highest BCUT2D eigenvalue weighted by Gasteiger charge is 2.26. The van der Waals surface area contributed by atoms with Gasteiger partial charge in [-0.3, -0.25) is 9.69 Å². The van der Waals surface area contributed by atoms with Crippen LogP contribution < -0.4 is 14.8 Å². The van der Waals surface area contributed by atoms with Gasteiger partial charge in [-0.1, -0.05) is 6.07 Å². The molecule has 2 aliphatic rings. The molecule has 2 fully saturated rings. The van der Waals surface area contributed by atoms with Gasteiger partial charge < -0.3 is 29.0 Å². The average molecular weight is 423 g/mol. The number of morpholine rings is 1. The third-order valence-electron chi connectivity index (χ3n) is 5.67. The van der Waals surface area contributed by atoms with Crippen molar-refractivity contribution in [2.24, 2.45) is 0 Å². The van der Waals surface area contributed by atoms with Crippen molar-refractivity contribution in [1.29, 1.82) is 0 Å². The SMILES string of the molecule is COc1ccc(C(CNC(=O)C(C)OCC2CCCO2)N2CCOCC2)cc1OC. The maximum absolute atomic E-state index is 12.6. The molecule has 30 heavy (non-hydrogen) atoms. The van der Waals surface area contributed by atoms with Crippen LogP contribution in [0.4, 0.5) is 0 Å². The molecule has 168 valence electrons. The van der Waals surface area contributed by atoms with E-state index >= 15 is 0 Å². The second kappa shape index (κ2) is 11.5. The Morgan fingerprint density at radius 2 is 1.97 bits per heavy atom. The fraction of sp³-hybridized carbons (Fsp3) is 0.682. The molecule has 0 saturated carbocycles. The largest absolute Gasteiger partial charge is 0.493 e. The molecule has 3 unspecified atom stereocenters. The molecule has 1 aromatic carbocycles. The molecule has 0 spiro atoms. The molecule has 3 atom stereocenters. The molecular formula is C22H34N2O6. The van der Waals surface area contributed by atoms with Crippen molar-refractivity contribution in [1.82, 2.24) is 10.2 Å². The van der Waals surface area contributed by atoms with E-state index in [1.165, 1.54) is 0 Å². The van der Waals surface area contributed by atoms with Gasteiger partial charge in [0.25, 0.3) is 0 Å². The van der Waals surface area contributed by atoms with E-state index < -0.39 is 6.10 Å². The Bertz CT molecular complexity index is 674. The molecule has 3 rings (SSSR count). The summed E-state index contributed by atoms with van der Waals surface area (Å²) in [6.45, 7) is 6.46. The van der Waals surface area contributed by atoms with Crippen LogP contribution in [0.15, 0.2) is 18.2 Å². The lowest BCUT2D eigenvalue weighted by atomic mass is 10.0. The lowest BCUT2D eigenvalue weighted by molar-refractivity contribution is -0.134. The van der Waals surface area contributed by atoms with Crippen LogP contribution in [-0.4, -0.2) is 83.3 Å². The van der Waals surface area contributed by atoms with Crippen LogP contribution in [0.25, 0.3) is 0 Å². The third kappa shape index (κ3) is 6.07. The van der Waals surface area contributed by atoms with Crippen LogP contribution in [0.2, 0.25) is 0 Å². The molecular weight excluding hydrogens is 388 g/mol. The van der Waals surface area contributed by atoms with Gasteiger partial charge in [-0.15, -0.1) is 0 Å². The maximum atomic E-state index is 12.6. The summed E-state index contributed by atoms with van der Waals surface area (Å²) in [5.74, 6) is 1.24. The van der Waals surface area contributed by atoms with Crippen molar-refractivity contribution in [3.05, 3.63) is 23.8 Å². The van der Waals surface area contributed by atoms with Crippen LogP contribution in [-0.2, 0) is 19.0 Å². The Balaban J connectivity index is 1.63. The Hall–Kier alpha value is -1.87. The van der Waals surface area contributed by atoms with E-state index in [9.17, 15) is 4.79 Å². The summed E-state index contributed by atoms with van der Waals surface area (Å²) in [5.41, 5.74) is 1.06. The average Bonchev–Trinajstić information content (AvgIpc) is 3.31. The molecule has 0 radical (unpaired) electrons. The van der Waals surface area contributed by atoms with Gasteiger partial charge in [-0.2, -0.15) is 0 Å². The molecule has 2 heterocycles. The quantitative estimate of drug-likeness (QED) is 0.616. The number of nitrogens with zero attached hydrogens (tertiary/aromatic N) is 1. The van der Waals surface area contributed by atoms with E-state index in [1.54, 1.807) is 21.1 Å². The number of benzene rings is 1. The summed E-state index contributed by atoms with van der Waals surface area (Å²) < 4.78 is 27.6. The molecule has 0 bridgehead atoms. The smallest absolute Gasteiger partial charge is 0.248 e. The predicted molar refractivity (Wildman–Crippen MR) is 112 cm³/mol. The summed E-state index contributed by atoms with van der Waals surface area (Å²) in [6, 6.07) is 5.90. The van der Waals surface area contributed by atoms with Gasteiger partial charge >= 0.3 is 0 Å². The zero-order chi connectivity index (χ0) is 21.3. The standard InChI is InChI=1S/C22H34N2O6/c1-16(30-15-18-5-4-10-29-18)22(25)23-14-19(24-8-11-28-12-9-24)17-6-7-20(26-2)21(13-17)27-3/h6-7,13,16,18-19H,4-5,8-12,14-15H2,1-3H3,(H,23,25). The van der Waals surface area contributed by atoms with Gasteiger partial charge in [-0.25, -0.2) is 0 Å². The molecule has 1 N–H and O–H groups in total. The minimum Gasteiger partial charge on any atom is -0.493 e.